The molecule has 1 aliphatic heterocycles. The molecule has 0 aliphatic carbocycles. The Morgan fingerprint density at radius 2 is 2.29 bits per heavy atom. The summed E-state index contributed by atoms with van der Waals surface area (Å²) in [5.41, 5.74) is 2.72. The van der Waals surface area contributed by atoms with E-state index in [0.717, 1.165) is 12.6 Å². The molecular formula is C11H24N2O. The molecule has 3 heteroatoms. The summed E-state index contributed by atoms with van der Waals surface area (Å²) in [5, 5.41) is 0. The van der Waals surface area contributed by atoms with Gasteiger partial charge < -0.3 is 9.74 Å². The largest absolute Gasteiger partial charge is 0.302 e. The van der Waals surface area contributed by atoms with Crippen molar-refractivity contribution < 1.29 is 4.84 Å². The van der Waals surface area contributed by atoms with Crippen molar-refractivity contribution in [3.05, 3.63) is 0 Å². The van der Waals surface area contributed by atoms with E-state index in [9.17, 15) is 0 Å². The molecule has 1 saturated heterocycles. The van der Waals surface area contributed by atoms with Crippen LogP contribution >= 0.6 is 0 Å². The fourth-order valence-electron chi connectivity index (χ4n) is 2.30. The van der Waals surface area contributed by atoms with E-state index < -0.39 is 0 Å². The zero-order valence-corrected chi connectivity index (χ0v) is 9.59. The van der Waals surface area contributed by atoms with Crippen LogP contribution in [0.15, 0.2) is 0 Å². The molecule has 1 aliphatic rings. The molecule has 1 rings (SSSR count). The van der Waals surface area contributed by atoms with Gasteiger partial charge in [-0.3, -0.25) is 0 Å². The predicted molar refractivity (Wildman–Crippen MR) is 59.1 cm³/mol. The molecule has 1 unspecified atom stereocenters. The Balaban J connectivity index is 2.13. The van der Waals surface area contributed by atoms with Gasteiger partial charge in [-0.15, -0.1) is 0 Å². The second-order valence-corrected chi connectivity index (χ2v) is 3.97. The number of piperidine rings is 1. The first-order valence-electron chi connectivity index (χ1n) is 5.91. The quantitative estimate of drug-likeness (QED) is 0.522. The van der Waals surface area contributed by atoms with E-state index in [4.69, 9.17) is 4.84 Å². The van der Waals surface area contributed by atoms with Gasteiger partial charge in [-0.05, 0) is 38.8 Å². The molecule has 1 atom stereocenters. The number of hydrogen-bond acceptors (Lipinski definition) is 3. The first-order chi connectivity index (χ1) is 6.88. The highest BCUT2D eigenvalue weighted by Gasteiger charge is 2.19. The number of nitrogens with one attached hydrogen (secondary N) is 1. The Labute approximate surface area is 87.8 Å². The van der Waals surface area contributed by atoms with E-state index in [0.29, 0.717) is 0 Å². The maximum absolute atomic E-state index is 5.12. The van der Waals surface area contributed by atoms with Crippen LogP contribution in [0.1, 0.15) is 39.0 Å². The average molecular weight is 200 g/mol. The molecule has 0 bridgehead atoms. The molecule has 3 nitrogen and oxygen atoms in total. The molecule has 0 aromatic heterocycles. The summed E-state index contributed by atoms with van der Waals surface area (Å²) >= 11 is 0. The number of hydrogen-bond donors (Lipinski definition) is 1. The van der Waals surface area contributed by atoms with Crippen LogP contribution in [0.2, 0.25) is 0 Å². The van der Waals surface area contributed by atoms with Crippen molar-refractivity contribution >= 4 is 0 Å². The van der Waals surface area contributed by atoms with Crippen molar-refractivity contribution in [2.45, 2.75) is 45.1 Å². The van der Waals surface area contributed by atoms with Crippen molar-refractivity contribution in [3.63, 3.8) is 0 Å². The average Bonchev–Trinajstić information content (AvgIpc) is 2.25. The molecule has 0 aromatic rings. The van der Waals surface area contributed by atoms with Gasteiger partial charge in [0.15, 0.2) is 0 Å². The summed E-state index contributed by atoms with van der Waals surface area (Å²) < 4.78 is 0. The lowest BCUT2D eigenvalue weighted by Gasteiger charge is -2.34. The van der Waals surface area contributed by atoms with Crippen LogP contribution in [0, 0.1) is 0 Å². The SMILES string of the molecule is CCN1CCCCC1CCCONC. The molecule has 1 fully saturated rings. The number of nitrogens with zero attached hydrogens (tertiary/aromatic N) is 1. The van der Waals surface area contributed by atoms with Crippen LogP contribution in [0.3, 0.4) is 0 Å². The zero-order valence-electron chi connectivity index (χ0n) is 9.59. The summed E-state index contributed by atoms with van der Waals surface area (Å²) in [6.45, 7) is 5.61. The molecule has 0 spiro atoms. The van der Waals surface area contributed by atoms with Gasteiger partial charge in [0.25, 0.3) is 0 Å². The Morgan fingerprint density at radius 1 is 1.43 bits per heavy atom. The van der Waals surface area contributed by atoms with Gasteiger partial charge in [0.05, 0.1) is 6.61 Å². The van der Waals surface area contributed by atoms with Gasteiger partial charge in [0.2, 0.25) is 0 Å². The third-order valence-electron chi connectivity index (χ3n) is 3.08. The molecule has 0 radical (unpaired) electrons. The predicted octanol–water partition coefficient (Wildman–Crippen LogP) is 1.79. The molecule has 0 amide bonds. The Bertz CT molecular complexity index is 141. The lowest BCUT2D eigenvalue weighted by atomic mass is 9.98. The van der Waals surface area contributed by atoms with Crippen LogP contribution in [-0.2, 0) is 4.84 Å². The molecule has 0 saturated carbocycles. The molecule has 1 N–H and O–H groups in total. The Kier molecular flexibility index (Phi) is 6.15. The van der Waals surface area contributed by atoms with E-state index in [2.05, 4.69) is 17.3 Å². The summed E-state index contributed by atoms with van der Waals surface area (Å²) in [4.78, 5) is 7.74. The zero-order chi connectivity index (χ0) is 10.2. The third-order valence-corrected chi connectivity index (χ3v) is 3.08. The second kappa shape index (κ2) is 7.21. The Hall–Kier alpha value is -0.120. The summed E-state index contributed by atoms with van der Waals surface area (Å²) in [7, 11) is 1.82. The molecule has 14 heavy (non-hydrogen) atoms. The maximum Gasteiger partial charge on any atom is 0.0682 e. The van der Waals surface area contributed by atoms with E-state index in [1.165, 1.54) is 45.2 Å². The smallest absolute Gasteiger partial charge is 0.0682 e. The van der Waals surface area contributed by atoms with Crippen LogP contribution in [0.25, 0.3) is 0 Å². The minimum atomic E-state index is 0.814. The third kappa shape index (κ3) is 3.95. The second-order valence-electron chi connectivity index (χ2n) is 3.97. The fourth-order valence-corrected chi connectivity index (χ4v) is 2.30. The normalized spacial score (nSPS) is 24.0. The topological polar surface area (TPSA) is 24.5 Å². The first-order valence-corrected chi connectivity index (χ1v) is 5.91. The molecule has 84 valence electrons. The van der Waals surface area contributed by atoms with Crippen LogP contribution in [0.5, 0.6) is 0 Å². The summed E-state index contributed by atoms with van der Waals surface area (Å²) in [6.07, 6.45) is 6.64. The van der Waals surface area contributed by atoms with Gasteiger partial charge in [-0.2, -0.15) is 0 Å². The van der Waals surface area contributed by atoms with Crippen molar-refractivity contribution in [2.24, 2.45) is 0 Å². The van der Waals surface area contributed by atoms with Crippen LogP contribution in [-0.4, -0.2) is 37.7 Å². The number of likely N-dealkylation sites (tertiary alicyclic amines) is 1. The van der Waals surface area contributed by atoms with Crippen LogP contribution < -0.4 is 5.48 Å². The van der Waals surface area contributed by atoms with Gasteiger partial charge in [-0.1, -0.05) is 13.3 Å². The molecular weight excluding hydrogens is 176 g/mol. The summed E-state index contributed by atoms with van der Waals surface area (Å²) in [6, 6.07) is 0.814. The van der Waals surface area contributed by atoms with Gasteiger partial charge in [-0.25, -0.2) is 5.48 Å². The molecule has 1 heterocycles. The minimum absolute atomic E-state index is 0.814. The lowest BCUT2D eigenvalue weighted by molar-refractivity contribution is 0.0477. The maximum atomic E-state index is 5.12. The van der Waals surface area contributed by atoms with Crippen molar-refractivity contribution in [1.82, 2.24) is 10.4 Å². The van der Waals surface area contributed by atoms with Crippen molar-refractivity contribution in [2.75, 3.05) is 26.7 Å². The van der Waals surface area contributed by atoms with Crippen molar-refractivity contribution in [3.8, 4) is 0 Å². The van der Waals surface area contributed by atoms with Gasteiger partial charge in [0, 0.05) is 13.1 Å². The monoisotopic (exact) mass is 200 g/mol. The fraction of sp³-hybridized carbons (Fsp3) is 1.00. The number of rotatable bonds is 6. The summed E-state index contributed by atoms with van der Waals surface area (Å²) in [5.74, 6) is 0. The van der Waals surface area contributed by atoms with E-state index in [-0.39, 0.29) is 0 Å². The standard InChI is InChI=1S/C11H24N2O/c1-3-13-9-5-4-7-11(13)8-6-10-14-12-2/h11-12H,3-10H2,1-2H3. The van der Waals surface area contributed by atoms with E-state index >= 15 is 0 Å². The highest BCUT2D eigenvalue weighted by Crippen LogP contribution is 2.20. The van der Waals surface area contributed by atoms with Crippen molar-refractivity contribution in [1.29, 1.82) is 0 Å². The number of hydroxylamine groups is 1. The highest BCUT2D eigenvalue weighted by atomic mass is 16.6. The van der Waals surface area contributed by atoms with Crippen LogP contribution in [0.4, 0.5) is 0 Å². The highest BCUT2D eigenvalue weighted by molar-refractivity contribution is 4.75. The minimum Gasteiger partial charge on any atom is -0.302 e. The Morgan fingerprint density at radius 3 is 3.00 bits per heavy atom. The van der Waals surface area contributed by atoms with E-state index in [1.54, 1.807) is 0 Å². The molecule has 0 aromatic carbocycles. The lowest BCUT2D eigenvalue weighted by Crippen LogP contribution is -2.39. The van der Waals surface area contributed by atoms with Gasteiger partial charge in [0.1, 0.15) is 0 Å². The van der Waals surface area contributed by atoms with E-state index in [1.807, 2.05) is 7.05 Å². The first kappa shape index (κ1) is 12.0. The van der Waals surface area contributed by atoms with Gasteiger partial charge >= 0.3 is 0 Å².